The van der Waals surface area contributed by atoms with Crippen LogP contribution in [0.15, 0.2) is 48.7 Å². The van der Waals surface area contributed by atoms with Gasteiger partial charge >= 0.3 is 0 Å². The van der Waals surface area contributed by atoms with Crippen LogP contribution in [0, 0.1) is 6.92 Å². The van der Waals surface area contributed by atoms with E-state index in [1.54, 1.807) is 15.8 Å². The summed E-state index contributed by atoms with van der Waals surface area (Å²) in [7, 11) is 1.89. The Labute approximate surface area is 152 Å². The highest BCUT2D eigenvalue weighted by molar-refractivity contribution is 6.08. The van der Waals surface area contributed by atoms with Crippen molar-refractivity contribution in [2.75, 3.05) is 10.2 Å². The first-order valence-electron chi connectivity index (χ1n) is 8.57. The molecule has 1 aromatic heterocycles. The Kier molecular flexibility index (Phi) is 3.97. The fourth-order valence-electron chi connectivity index (χ4n) is 3.35. The molecule has 132 valence electrons. The van der Waals surface area contributed by atoms with Crippen LogP contribution in [0.2, 0.25) is 0 Å². The minimum absolute atomic E-state index is 0.0392. The Morgan fingerprint density at radius 2 is 2.08 bits per heavy atom. The number of nitrogens with two attached hydrogens (primary N) is 1. The number of hydrogen-bond donors (Lipinski definition) is 2. The molecule has 0 aliphatic carbocycles. The number of amides is 1. The second-order valence-corrected chi connectivity index (χ2v) is 6.52. The molecule has 1 aliphatic heterocycles. The summed E-state index contributed by atoms with van der Waals surface area (Å²) in [6.07, 6.45) is 1.80. The monoisotopic (exact) mass is 347 g/mol. The van der Waals surface area contributed by atoms with Crippen LogP contribution in [0.5, 0.6) is 0 Å². The van der Waals surface area contributed by atoms with Gasteiger partial charge in [-0.05, 0) is 42.3 Å². The molecule has 3 N–H and O–H groups in total. The molecule has 1 amide bonds. The number of rotatable bonds is 2. The van der Waals surface area contributed by atoms with E-state index < -0.39 is 0 Å². The molecule has 1 aliphatic rings. The van der Waals surface area contributed by atoms with E-state index in [4.69, 9.17) is 5.73 Å². The Morgan fingerprint density at radius 3 is 2.85 bits per heavy atom. The number of anilines is 3. The quantitative estimate of drug-likeness (QED) is 0.747. The normalized spacial score (nSPS) is 12.8. The summed E-state index contributed by atoms with van der Waals surface area (Å²) in [5, 5.41) is 7.73. The summed E-state index contributed by atoms with van der Waals surface area (Å²) in [4.78, 5) is 15.1. The maximum Gasteiger partial charge on any atom is 0.258 e. The largest absolute Gasteiger partial charge is 0.338 e. The van der Waals surface area contributed by atoms with E-state index in [1.807, 2.05) is 56.4 Å². The molecule has 0 bridgehead atoms. The molecule has 0 spiro atoms. The fourth-order valence-corrected chi connectivity index (χ4v) is 3.35. The number of para-hydroxylation sites is 2. The van der Waals surface area contributed by atoms with Crippen LogP contribution >= 0.6 is 0 Å². The van der Waals surface area contributed by atoms with Crippen molar-refractivity contribution < 1.29 is 4.79 Å². The lowest BCUT2D eigenvalue weighted by molar-refractivity contribution is 0.0985. The van der Waals surface area contributed by atoms with Crippen molar-refractivity contribution in [2.45, 2.75) is 20.0 Å². The lowest BCUT2D eigenvalue weighted by Crippen LogP contribution is -2.30. The molecule has 0 fully saturated rings. The van der Waals surface area contributed by atoms with Gasteiger partial charge in [-0.3, -0.25) is 9.48 Å². The van der Waals surface area contributed by atoms with Crippen molar-refractivity contribution in [3.05, 3.63) is 70.9 Å². The summed E-state index contributed by atoms with van der Waals surface area (Å²) in [6.45, 7) is 2.91. The third-order valence-electron chi connectivity index (χ3n) is 4.85. The SMILES string of the molecule is Cc1cc(C(=O)N2Cc3cnn(C)c3Nc3ccccc32)ccc1CN. The number of aryl methyl sites for hydroxylation is 2. The Morgan fingerprint density at radius 1 is 1.27 bits per heavy atom. The van der Waals surface area contributed by atoms with E-state index in [2.05, 4.69) is 10.4 Å². The number of aromatic nitrogens is 2. The fraction of sp³-hybridized carbons (Fsp3) is 0.200. The number of nitrogens with one attached hydrogen (secondary N) is 1. The smallest absolute Gasteiger partial charge is 0.258 e. The summed E-state index contributed by atoms with van der Waals surface area (Å²) in [5.74, 6) is 0.866. The number of hydrogen-bond acceptors (Lipinski definition) is 4. The van der Waals surface area contributed by atoms with Gasteiger partial charge in [0.25, 0.3) is 5.91 Å². The van der Waals surface area contributed by atoms with Crippen molar-refractivity contribution >= 4 is 23.1 Å². The van der Waals surface area contributed by atoms with Gasteiger partial charge in [0.1, 0.15) is 5.82 Å². The van der Waals surface area contributed by atoms with E-state index in [-0.39, 0.29) is 5.91 Å². The molecular weight excluding hydrogens is 326 g/mol. The van der Waals surface area contributed by atoms with Gasteiger partial charge in [-0.1, -0.05) is 18.2 Å². The van der Waals surface area contributed by atoms with Gasteiger partial charge in [0.05, 0.1) is 24.1 Å². The molecular formula is C20H21N5O. The summed E-state index contributed by atoms with van der Waals surface area (Å²) in [6, 6.07) is 13.5. The highest BCUT2D eigenvalue weighted by Gasteiger charge is 2.26. The first-order valence-corrected chi connectivity index (χ1v) is 8.57. The number of benzene rings is 2. The number of nitrogens with zero attached hydrogens (tertiary/aromatic N) is 3. The summed E-state index contributed by atoms with van der Waals surface area (Å²) in [5.41, 5.74) is 11.2. The van der Waals surface area contributed by atoms with Crippen LogP contribution in [0.25, 0.3) is 0 Å². The third kappa shape index (κ3) is 2.64. The molecule has 2 heterocycles. The van der Waals surface area contributed by atoms with Crippen LogP contribution < -0.4 is 16.0 Å². The zero-order chi connectivity index (χ0) is 18.3. The first-order chi connectivity index (χ1) is 12.6. The standard InChI is InChI=1S/C20H21N5O/c1-13-9-14(7-8-15(13)10-21)20(26)25-12-16-11-22-24(2)19(16)23-17-5-3-4-6-18(17)25/h3-9,11,23H,10,12,21H2,1-2H3. The number of fused-ring (bicyclic) bond motifs is 2. The van der Waals surface area contributed by atoms with Crippen LogP contribution in [-0.4, -0.2) is 15.7 Å². The molecule has 0 atom stereocenters. The Hall–Kier alpha value is -3.12. The number of carbonyl (C=O) groups is 1. The van der Waals surface area contributed by atoms with Gasteiger partial charge in [-0.25, -0.2) is 0 Å². The van der Waals surface area contributed by atoms with Crippen LogP contribution in [0.4, 0.5) is 17.2 Å². The second-order valence-electron chi connectivity index (χ2n) is 6.52. The predicted octanol–water partition coefficient (Wildman–Crippen LogP) is 3.09. The minimum Gasteiger partial charge on any atom is -0.338 e. The Bertz CT molecular complexity index is 992. The zero-order valence-corrected chi connectivity index (χ0v) is 14.9. The van der Waals surface area contributed by atoms with Gasteiger partial charge in [-0.15, -0.1) is 0 Å². The molecule has 26 heavy (non-hydrogen) atoms. The maximum atomic E-state index is 13.3. The van der Waals surface area contributed by atoms with Crippen LogP contribution in [-0.2, 0) is 20.1 Å². The first kappa shape index (κ1) is 16.4. The number of carbonyl (C=O) groups excluding carboxylic acids is 1. The highest BCUT2D eigenvalue weighted by Crippen LogP contribution is 2.36. The van der Waals surface area contributed by atoms with E-state index >= 15 is 0 Å². The molecule has 4 rings (SSSR count). The van der Waals surface area contributed by atoms with E-state index in [9.17, 15) is 4.79 Å². The predicted molar refractivity (Wildman–Crippen MR) is 103 cm³/mol. The molecule has 3 aromatic rings. The molecule has 6 heteroatoms. The van der Waals surface area contributed by atoms with Crippen LogP contribution in [0.1, 0.15) is 27.0 Å². The zero-order valence-electron chi connectivity index (χ0n) is 14.9. The second kappa shape index (κ2) is 6.31. The van der Waals surface area contributed by atoms with Gasteiger partial charge in [0.2, 0.25) is 0 Å². The van der Waals surface area contributed by atoms with Crippen LogP contribution in [0.3, 0.4) is 0 Å². The van der Waals surface area contributed by atoms with Crippen molar-refractivity contribution in [1.29, 1.82) is 0 Å². The van der Waals surface area contributed by atoms with Gasteiger partial charge in [0.15, 0.2) is 0 Å². The molecule has 2 aromatic carbocycles. The van der Waals surface area contributed by atoms with Crippen molar-refractivity contribution in [3.8, 4) is 0 Å². The highest BCUT2D eigenvalue weighted by atomic mass is 16.2. The van der Waals surface area contributed by atoms with E-state index in [0.29, 0.717) is 18.7 Å². The third-order valence-corrected chi connectivity index (χ3v) is 4.85. The van der Waals surface area contributed by atoms with Gasteiger partial charge in [-0.2, -0.15) is 5.10 Å². The average molecular weight is 347 g/mol. The lowest BCUT2D eigenvalue weighted by Gasteiger charge is -2.23. The van der Waals surface area contributed by atoms with Gasteiger partial charge < -0.3 is 16.0 Å². The van der Waals surface area contributed by atoms with Crippen molar-refractivity contribution in [3.63, 3.8) is 0 Å². The van der Waals surface area contributed by atoms with E-state index in [0.717, 1.165) is 33.9 Å². The average Bonchev–Trinajstić information content (AvgIpc) is 2.90. The molecule has 0 unspecified atom stereocenters. The topological polar surface area (TPSA) is 76.2 Å². The van der Waals surface area contributed by atoms with Crippen molar-refractivity contribution in [2.24, 2.45) is 12.8 Å². The van der Waals surface area contributed by atoms with E-state index in [1.165, 1.54) is 0 Å². The lowest BCUT2D eigenvalue weighted by atomic mass is 10.0. The summed E-state index contributed by atoms with van der Waals surface area (Å²) < 4.78 is 1.79. The molecule has 0 saturated carbocycles. The van der Waals surface area contributed by atoms with Crippen molar-refractivity contribution in [1.82, 2.24) is 9.78 Å². The minimum atomic E-state index is -0.0392. The molecule has 6 nitrogen and oxygen atoms in total. The molecule has 0 saturated heterocycles. The van der Waals surface area contributed by atoms with Gasteiger partial charge in [0, 0.05) is 24.7 Å². The Balaban J connectivity index is 1.79. The molecule has 0 radical (unpaired) electrons. The maximum absolute atomic E-state index is 13.3. The summed E-state index contributed by atoms with van der Waals surface area (Å²) >= 11 is 0.